The van der Waals surface area contributed by atoms with Crippen molar-refractivity contribution in [1.29, 1.82) is 0 Å². The molecule has 1 heterocycles. The Bertz CT molecular complexity index is 168. The third kappa shape index (κ3) is 3.81. The van der Waals surface area contributed by atoms with Crippen LogP contribution in [0.3, 0.4) is 0 Å². The first-order valence-electron chi connectivity index (χ1n) is 5.79. The summed E-state index contributed by atoms with van der Waals surface area (Å²) in [6.07, 6.45) is 4.70. The van der Waals surface area contributed by atoms with Gasteiger partial charge in [0.2, 0.25) is 0 Å². The van der Waals surface area contributed by atoms with Gasteiger partial charge in [-0.25, -0.2) is 0 Å². The number of hydrogen-bond acceptors (Lipinski definition) is 2. The fraction of sp³-hybridized carbons (Fsp3) is 0.833. The topological polar surface area (TPSA) is 15.3 Å². The Kier molecular flexibility index (Phi) is 5.20. The second kappa shape index (κ2) is 6.20. The van der Waals surface area contributed by atoms with Crippen molar-refractivity contribution >= 4 is 0 Å². The molecule has 0 bridgehead atoms. The highest BCUT2D eigenvalue weighted by Gasteiger charge is 2.20. The molecule has 2 heteroatoms. The first-order chi connectivity index (χ1) is 6.74. The van der Waals surface area contributed by atoms with Gasteiger partial charge in [0.15, 0.2) is 0 Å². The first kappa shape index (κ1) is 11.7. The van der Waals surface area contributed by atoms with Crippen LogP contribution in [0, 0.1) is 5.92 Å². The zero-order chi connectivity index (χ0) is 10.4. The van der Waals surface area contributed by atoms with Crippen molar-refractivity contribution in [2.45, 2.75) is 32.7 Å². The van der Waals surface area contributed by atoms with E-state index >= 15 is 0 Å². The van der Waals surface area contributed by atoms with E-state index in [9.17, 15) is 0 Å². The van der Waals surface area contributed by atoms with Crippen LogP contribution in [-0.2, 0) is 0 Å². The van der Waals surface area contributed by atoms with Crippen LogP contribution in [0.4, 0.5) is 0 Å². The van der Waals surface area contributed by atoms with Crippen molar-refractivity contribution in [3.05, 3.63) is 12.7 Å². The monoisotopic (exact) mass is 196 g/mol. The van der Waals surface area contributed by atoms with Crippen molar-refractivity contribution in [2.75, 3.05) is 26.2 Å². The molecule has 0 amide bonds. The van der Waals surface area contributed by atoms with E-state index in [1.165, 1.54) is 25.9 Å². The Morgan fingerprint density at radius 2 is 2.43 bits per heavy atom. The summed E-state index contributed by atoms with van der Waals surface area (Å²) in [7, 11) is 0. The zero-order valence-corrected chi connectivity index (χ0v) is 9.63. The summed E-state index contributed by atoms with van der Waals surface area (Å²) in [5.74, 6) is 0.880. The second-order valence-electron chi connectivity index (χ2n) is 4.54. The molecule has 1 aliphatic heterocycles. The maximum Gasteiger partial charge on any atom is 0.0192 e. The number of hydrogen-bond donors (Lipinski definition) is 1. The van der Waals surface area contributed by atoms with E-state index in [-0.39, 0.29) is 0 Å². The highest BCUT2D eigenvalue weighted by atomic mass is 15.2. The number of likely N-dealkylation sites (tertiary alicyclic amines) is 1. The molecule has 1 saturated heterocycles. The predicted octanol–water partition coefficient (Wildman–Crippen LogP) is 1.88. The number of nitrogens with zero attached hydrogens (tertiary/aromatic N) is 1. The summed E-state index contributed by atoms with van der Waals surface area (Å²) in [4.78, 5) is 2.60. The lowest BCUT2D eigenvalue weighted by molar-refractivity contribution is 0.137. The highest BCUT2D eigenvalue weighted by molar-refractivity contribution is 4.78. The Hall–Kier alpha value is -0.340. The SMILES string of the molecule is C=CCNCC(C)N1CCCC(C)C1. The second-order valence-corrected chi connectivity index (χ2v) is 4.54. The summed E-state index contributed by atoms with van der Waals surface area (Å²) in [5.41, 5.74) is 0. The first-order valence-corrected chi connectivity index (χ1v) is 5.79. The lowest BCUT2D eigenvalue weighted by Crippen LogP contribution is -2.45. The number of piperidine rings is 1. The molecule has 1 N–H and O–H groups in total. The zero-order valence-electron chi connectivity index (χ0n) is 9.63. The lowest BCUT2D eigenvalue weighted by Gasteiger charge is -2.35. The summed E-state index contributed by atoms with van der Waals surface area (Å²) in [6, 6.07) is 0.665. The molecule has 82 valence electrons. The minimum absolute atomic E-state index is 0.665. The molecule has 0 aromatic heterocycles. The van der Waals surface area contributed by atoms with Gasteiger partial charge in [-0.05, 0) is 32.2 Å². The quantitative estimate of drug-likeness (QED) is 0.533. The van der Waals surface area contributed by atoms with E-state index in [1.807, 2.05) is 6.08 Å². The highest BCUT2D eigenvalue weighted by Crippen LogP contribution is 2.17. The van der Waals surface area contributed by atoms with Gasteiger partial charge in [0.05, 0.1) is 0 Å². The third-order valence-corrected chi connectivity index (χ3v) is 3.04. The van der Waals surface area contributed by atoms with Crippen molar-refractivity contribution in [3.63, 3.8) is 0 Å². The summed E-state index contributed by atoms with van der Waals surface area (Å²) >= 11 is 0. The maximum atomic E-state index is 3.71. The average Bonchev–Trinajstić information content (AvgIpc) is 2.18. The average molecular weight is 196 g/mol. The fourth-order valence-electron chi connectivity index (χ4n) is 2.15. The van der Waals surface area contributed by atoms with Crippen LogP contribution in [0.25, 0.3) is 0 Å². The van der Waals surface area contributed by atoms with Crippen LogP contribution < -0.4 is 5.32 Å². The molecule has 0 saturated carbocycles. The van der Waals surface area contributed by atoms with Gasteiger partial charge >= 0.3 is 0 Å². The van der Waals surface area contributed by atoms with Crippen molar-refractivity contribution in [2.24, 2.45) is 5.92 Å². The van der Waals surface area contributed by atoms with Crippen molar-refractivity contribution in [1.82, 2.24) is 10.2 Å². The number of nitrogens with one attached hydrogen (secondary N) is 1. The van der Waals surface area contributed by atoms with Gasteiger partial charge in [-0.15, -0.1) is 6.58 Å². The van der Waals surface area contributed by atoms with Crippen LogP contribution in [-0.4, -0.2) is 37.1 Å². The molecular formula is C12H24N2. The molecule has 1 rings (SSSR count). The van der Waals surface area contributed by atoms with E-state index < -0.39 is 0 Å². The minimum atomic E-state index is 0.665. The predicted molar refractivity (Wildman–Crippen MR) is 62.5 cm³/mol. The Morgan fingerprint density at radius 1 is 1.64 bits per heavy atom. The molecular weight excluding hydrogens is 172 g/mol. The van der Waals surface area contributed by atoms with E-state index in [2.05, 4.69) is 30.6 Å². The van der Waals surface area contributed by atoms with E-state index in [4.69, 9.17) is 0 Å². The normalized spacial score (nSPS) is 26.0. The smallest absolute Gasteiger partial charge is 0.0192 e. The molecule has 2 atom stereocenters. The largest absolute Gasteiger partial charge is 0.312 e. The Balaban J connectivity index is 2.21. The van der Waals surface area contributed by atoms with Crippen molar-refractivity contribution < 1.29 is 0 Å². The van der Waals surface area contributed by atoms with E-state index in [1.54, 1.807) is 0 Å². The molecule has 0 spiro atoms. The molecule has 0 aromatic carbocycles. The van der Waals surface area contributed by atoms with Gasteiger partial charge in [0.1, 0.15) is 0 Å². The van der Waals surface area contributed by atoms with Crippen LogP contribution >= 0.6 is 0 Å². The molecule has 0 radical (unpaired) electrons. The molecule has 0 aliphatic carbocycles. The third-order valence-electron chi connectivity index (χ3n) is 3.04. The molecule has 0 aromatic rings. The van der Waals surface area contributed by atoms with Crippen molar-refractivity contribution in [3.8, 4) is 0 Å². The Labute approximate surface area is 88.4 Å². The molecule has 14 heavy (non-hydrogen) atoms. The molecule has 2 nitrogen and oxygen atoms in total. The van der Waals surface area contributed by atoms with Gasteiger partial charge < -0.3 is 5.32 Å². The Morgan fingerprint density at radius 3 is 3.07 bits per heavy atom. The summed E-state index contributed by atoms with van der Waals surface area (Å²) in [5, 5.41) is 3.39. The van der Waals surface area contributed by atoms with Gasteiger partial charge in [-0.1, -0.05) is 13.0 Å². The van der Waals surface area contributed by atoms with Crippen LogP contribution in [0.15, 0.2) is 12.7 Å². The molecule has 2 unspecified atom stereocenters. The van der Waals surface area contributed by atoms with Gasteiger partial charge in [-0.2, -0.15) is 0 Å². The van der Waals surface area contributed by atoms with E-state index in [0.717, 1.165) is 19.0 Å². The van der Waals surface area contributed by atoms with Gasteiger partial charge in [0, 0.05) is 25.7 Å². The lowest BCUT2D eigenvalue weighted by atomic mass is 9.99. The number of rotatable bonds is 5. The summed E-state index contributed by atoms with van der Waals surface area (Å²) in [6.45, 7) is 12.9. The van der Waals surface area contributed by atoms with Crippen LogP contribution in [0.1, 0.15) is 26.7 Å². The van der Waals surface area contributed by atoms with Gasteiger partial charge in [0.25, 0.3) is 0 Å². The maximum absolute atomic E-state index is 3.71. The van der Waals surface area contributed by atoms with Crippen LogP contribution in [0.2, 0.25) is 0 Å². The minimum Gasteiger partial charge on any atom is -0.312 e. The standard InChI is InChI=1S/C12H24N2/c1-4-7-13-9-12(3)14-8-5-6-11(2)10-14/h4,11-13H,1,5-10H2,2-3H3. The van der Waals surface area contributed by atoms with Crippen LogP contribution in [0.5, 0.6) is 0 Å². The fourth-order valence-corrected chi connectivity index (χ4v) is 2.15. The molecule has 1 fully saturated rings. The molecule has 1 aliphatic rings. The summed E-state index contributed by atoms with van der Waals surface area (Å²) < 4.78 is 0. The van der Waals surface area contributed by atoms with E-state index in [0.29, 0.717) is 6.04 Å². The van der Waals surface area contributed by atoms with Gasteiger partial charge in [-0.3, -0.25) is 4.90 Å².